The van der Waals surface area contributed by atoms with E-state index in [1.807, 2.05) is 25.1 Å². The number of rotatable bonds is 6. The molecular formula is C13H19BrN2O. The molecule has 0 atom stereocenters. The number of carbonyl (C=O) groups excluding carboxylic acids is 1. The summed E-state index contributed by atoms with van der Waals surface area (Å²) in [6.07, 6.45) is 3.45. The van der Waals surface area contributed by atoms with Crippen molar-refractivity contribution in [2.75, 3.05) is 11.9 Å². The molecule has 17 heavy (non-hydrogen) atoms. The van der Waals surface area contributed by atoms with Crippen molar-refractivity contribution >= 4 is 27.5 Å². The highest BCUT2D eigenvalue weighted by molar-refractivity contribution is 9.10. The minimum Gasteiger partial charge on any atom is -0.330 e. The van der Waals surface area contributed by atoms with E-state index >= 15 is 0 Å². The van der Waals surface area contributed by atoms with E-state index < -0.39 is 0 Å². The first-order chi connectivity index (χ1) is 8.13. The molecule has 0 fully saturated rings. The number of amides is 1. The lowest BCUT2D eigenvalue weighted by atomic mass is 10.2. The average Bonchev–Trinajstić information content (AvgIpc) is 2.28. The molecule has 0 saturated carbocycles. The second-order valence-corrected chi connectivity index (χ2v) is 4.99. The number of hydrogen-bond donors (Lipinski definition) is 2. The van der Waals surface area contributed by atoms with Crippen LogP contribution in [0, 0.1) is 6.92 Å². The first-order valence-corrected chi connectivity index (χ1v) is 6.69. The molecule has 0 spiro atoms. The third-order valence-corrected chi connectivity index (χ3v) is 3.16. The second-order valence-electron chi connectivity index (χ2n) is 4.13. The van der Waals surface area contributed by atoms with E-state index in [1.165, 1.54) is 0 Å². The minimum absolute atomic E-state index is 0.0616. The van der Waals surface area contributed by atoms with Crippen molar-refractivity contribution in [1.29, 1.82) is 0 Å². The third kappa shape index (κ3) is 5.33. The average molecular weight is 299 g/mol. The molecule has 0 aliphatic carbocycles. The van der Waals surface area contributed by atoms with E-state index in [-0.39, 0.29) is 5.91 Å². The predicted octanol–water partition coefficient (Wildman–Crippen LogP) is 3.22. The molecule has 3 N–H and O–H groups in total. The Morgan fingerprint density at radius 1 is 1.35 bits per heavy atom. The second kappa shape index (κ2) is 7.45. The summed E-state index contributed by atoms with van der Waals surface area (Å²) in [5.41, 5.74) is 7.39. The number of nitrogens with two attached hydrogens (primary N) is 1. The van der Waals surface area contributed by atoms with Gasteiger partial charge in [0, 0.05) is 10.9 Å². The van der Waals surface area contributed by atoms with Crippen molar-refractivity contribution in [2.24, 2.45) is 5.73 Å². The molecule has 4 heteroatoms. The molecule has 1 aromatic carbocycles. The maximum atomic E-state index is 11.6. The van der Waals surface area contributed by atoms with Crippen molar-refractivity contribution in [3.63, 3.8) is 0 Å². The molecule has 0 bridgehead atoms. The van der Waals surface area contributed by atoms with Crippen LogP contribution >= 0.6 is 15.9 Å². The quantitative estimate of drug-likeness (QED) is 0.792. The zero-order valence-electron chi connectivity index (χ0n) is 10.1. The lowest BCUT2D eigenvalue weighted by Crippen LogP contribution is -2.11. The monoisotopic (exact) mass is 298 g/mol. The summed E-state index contributed by atoms with van der Waals surface area (Å²) in [5, 5.41) is 2.90. The predicted molar refractivity (Wildman–Crippen MR) is 75.0 cm³/mol. The highest BCUT2D eigenvalue weighted by Crippen LogP contribution is 2.23. The Balaban J connectivity index is 2.40. The van der Waals surface area contributed by atoms with Crippen LogP contribution in [0.2, 0.25) is 0 Å². The lowest BCUT2D eigenvalue weighted by Gasteiger charge is -2.08. The molecule has 0 aliphatic rings. The fourth-order valence-corrected chi connectivity index (χ4v) is 2.13. The zero-order chi connectivity index (χ0) is 12.7. The van der Waals surface area contributed by atoms with Gasteiger partial charge in [0.05, 0.1) is 5.69 Å². The van der Waals surface area contributed by atoms with Crippen LogP contribution in [0.15, 0.2) is 22.7 Å². The van der Waals surface area contributed by atoms with Crippen LogP contribution in [0.3, 0.4) is 0 Å². The fraction of sp³-hybridized carbons (Fsp3) is 0.462. The molecule has 0 heterocycles. The molecule has 3 nitrogen and oxygen atoms in total. The van der Waals surface area contributed by atoms with Crippen LogP contribution < -0.4 is 11.1 Å². The highest BCUT2D eigenvalue weighted by atomic mass is 79.9. The number of benzene rings is 1. The first-order valence-electron chi connectivity index (χ1n) is 5.89. The number of hydrogen-bond acceptors (Lipinski definition) is 2. The molecule has 0 aliphatic heterocycles. The molecular weight excluding hydrogens is 280 g/mol. The number of halogens is 1. The summed E-state index contributed by atoms with van der Waals surface area (Å²) in [5.74, 6) is 0.0616. The topological polar surface area (TPSA) is 55.1 Å². The van der Waals surface area contributed by atoms with Gasteiger partial charge in [-0.3, -0.25) is 4.79 Å². The van der Waals surface area contributed by atoms with E-state index in [2.05, 4.69) is 21.2 Å². The molecule has 1 amide bonds. The number of unbranched alkanes of at least 4 members (excludes halogenated alkanes) is 2. The van der Waals surface area contributed by atoms with Gasteiger partial charge in [0.1, 0.15) is 0 Å². The largest absolute Gasteiger partial charge is 0.330 e. The SMILES string of the molecule is Cc1ccc(NC(=O)CCCCCN)c(Br)c1. The summed E-state index contributed by atoms with van der Waals surface area (Å²) >= 11 is 3.44. The zero-order valence-corrected chi connectivity index (χ0v) is 11.7. The van der Waals surface area contributed by atoms with E-state index in [0.717, 1.165) is 35.0 Å². The number of carbonyl (C=O) groups is 1. The molecule has 0 aromatic heterocycles. The van der Waals surface area contributed by atoms with Gasteiger partial charge in [-0.1, -0.05) is 12.5 Å². The van der Waals surface area contributed by atoms with Crippen molar-refractivity contribution in [3.05, 3.63) is 28.2 Å². The summed E-state index contributed by atoms with van der Waals surface area (Å²) in [6, 6.07) is 5.88. The van der Waals surface area contributed by atoms with E-state index in [4.69, 9.17) is 5.73 Å². The van der Waals surface area contributed by atoms with Gasteiger partial charge in [-0.2, -0.15) is 0 Å². The van der Waals surface area contributed by atoms with Gasteiger partial charge in [-0.05, 0) is 59.9 Å². The number of anilines is 1. The lowest BCUT2D eigenvalue weighted by molar-refractivity contribution is -0.116. The number of nitrogens with one attached hydrogen (secondary N) is 1. The van der Waals surface area contributed by atoms with Crippen molar-refractivity contribution in [3.8, 4) is 0 Å². The van der Waals surface area contributed by atoms with Crippen LogP contribution in [0.25, 0.3) is 0 Å². The van der Waals surface area contributed by atoms with Gasteiger partial charge < -0.3 is 11.1 Å². The van der Waals surface area contributed by atoms with Gasteiger partial charge >= 0.3 is 0 Å². The van der Waals surface area contributed by atoms with Crippen LogP contribution in [0.5, 0.6) is 0 Å². The van der Waals surface area contributed by atoms with Gasteiger partial charge in [-0.25, -0.2) is 0 Å². The standard InChI is InChI=1S/C13H19BrN2O/c1-10-6-7-12(11(14)9-10)16-13(17)5-3-2-4-8-15/h6-7,9H,2-5,8,15H2,1H3,(H,16,17). The maximum Gasteiger partial charge on any atom is 0.224 e. The van der Waals surface area contributed by atoms with Crippen LogP contribution in [-0.4, -0.2) is 12.5 Å². The molecule has 94 valence electrons. The van der Waals surface area contributed by atoms with Gasteiger partial charge in [-0.15, -0.1) is 0 Å². The molecule has 0 saturated heterocycles. The van der Waals surface area contributed by atoms with E-state index in [0.29, 0.717) is 13.0 Å². The third-order valence-electron chi connectivity index (χ3n) is 2.51. The molecule has 1 aromatic rings. The van der Waals surface area contributed by atoms with Crippen LogP contribution in [0.1, 0.15) is 31.2 Å². The Kier molecular flexibility index (Phi) is 6.22. The van der Waals surface area contributed by atoms with E-state index in [9.17, 15) is 4.79 Å². The van der Waals surface area contributed by atoms with Gasteiger partial charge in [0.25, 0.3) is 0 Å². The minimum atomic E-state index is 0.0616. The summed E-state index contributed by atoms with van der Waals surface area (Å²) in [4.78, 5) is 11.6. The van der Waals surface area contributed by atoms with Crippen LogP contribution in [0.4, 0.5) is 5.69 Å². The van der Waals surface area contributed by atoms with Gasteiger partial charge in [0.15, 0.2) is 0 Å². The first kappa shape index (κ1) is 14.2. The highest BCUT2D eigenvalue weighted by Gasteiger charge is 2.05. The van der Waals surface area contributed by atoms with Crippen LogP contribution in [-0.2, 0) is 4.79 Å². The Morgan fingerprint density at radius 2 is 2.12 bits per heavy atom. The smallest absolute Gasteiger partial charge is 0.224 e. The molecule has 0 unspecified atom stereocenters. The molecule has 1 rings (SSSR count). The Hall–Kier alpha value is -0.870. The summed E-state index contributed by atoms with van der Waals surface area (Å²) in [6.45, 7) is 2.72. The van der Waals surface area contributed by atoms with E-state index in [1.54, 1.807) is 0 Å². The fourth-order valence-electron chi connectivity index (χ4n) is 1.54. The Morgan fingerprint density at radius 3 is 2.76 bits per heavy atom. The van der Waals surface area contributed by atoms with Gasteiger partial charge in [0.2, 0.25) is 5.91 Å². The summed E-state index contributed by atoms with van der Waals surface area (Å²) in [7, 11) is 0. The number of aryl methyl sites for hydroxylation is 1. The Labute approximate surface area is 111 Å². The van der Waals surface area contributed by atoms with Crippen molar-refractivity contribution in [2.45, 2.75) is 32.6 Å². The Bertz CT molecular complexity index is 380. The molecule has 0 radical (unpaired) electrons. The maximum absolute atomic E-state index is 11.6. The van der Waals surface area contributed by atoms with Crippen molar-refractivity contribution in [1.82, 2.24) is 0 Å². The normalized spacial score (nSPS) is 10.3. The van der Waals surface area contributed by atoms with Crippen molar-refractivity contribution < 1.29 is 4.79 Å². The summed E-state index contributed by atoms with van der Waals surface area (Å²) < 4.78 is 0.924.